The molecule has 0 fully saturated rings. The van der Waals surface area contributed by atoms with Crippen LogP contribution in [0.2, 0.25) is 5.15 Å². The zero-order valence-electron chi connectivity index (χ0n) is 14.1. The van der Waals surface area contributed by atoms with E-state index in [4.69, 9.17) is 11.6 Å². The van der Waals surface area contributed by atoms with Gasteiger partial charge in [-0.2, -0.15) is 0 Å². The third-order valence-corrected chi connectivity index (χ3v) is 5.94. The Morgan fingerprint density at radius 1 is 1.32 bits per heavy atom. The Balaban J connectivity index is 1.82. The van der Waals surface area contributed by atoms with Crippen molar-refractivity contribution in [2.45, 2.75) is 42.1 Å². The summed E-state index contributed by atoms with van der Waals surface area (Å²) in [5.41, 5.74) is 1.67. The molecule has 3 rings (SSSR count). The van der Waals surface area contributed by atoms with Gasteiger partial charge in [-0.25, -0.2) is 14.9 Å². The van der Waals surface area contributed by atoms with Crippen LogP contribution in [0.15, 0.2) is 39.1 Å². The first-order valence-corrected chi connectivity index (χ1v) is 10.6. The van der Waals surface area contributed by atoms with Gasteiger partial charge in [0, 0.05) is 28.1 Å². The van der Waals surface area contributed by atoms with E-state index in [0.717, 1.165) is 34.2 Å². The normalized spacial score (nSPS) is 11.3. The van der Waals surface area contributed by atoms with Crippen LogP contribution in [0.1, 0.15) is 25.3 Å². The Morgan fingerprint density at radius 3 is 2.92 bits per heavy atom. The summed E-state index contributed by atoms with van der Waals surface area (Å²) in [7, 11) is 0. The topological polar surface area (TPSA) is 63.6 Å². The predicted octanol–water partition coefficient (Wildman–Crippen LogP) is 4.59. The van der Waals surface area contributed by atoms with Crippen LogP contribution in [0.4, 0.5) is 0 Å². The molecule has 3 aromatic rings. The van der Waals surface area contributed by atoms with Crippen LogP contribution in [0.5, 0.6) is 0 Å². The highest BCUT2D eigenvalue weighted by Gasteiger charge is 2.11. The lowest BCUT2D eigenvalue weighted by atomic mass is 10.2. The van der Waals surface area contributed by atoms with Crippen molar-refractivity contribution in [1.29, 1.82) is 0 Å². The molecular formula is C17H19ClN4OS2. The number of halogens is 1. The molecule has 132 valence electrons. The number of fused-ring (bicyclic) bond motifs is 1. The molecule has 5 nitrogen and oxygen atoms in total. The summed E-state index contributed by atoms with van der Waals surface area (Å²) in [6, 6.07) is 8.24. The summed E-state index contributed by atoms with van der Waals surface area (Å²) < 4.78 is 1.68. The molecule has 0 amide bonds. The zero-order chi connectivity index (χ0) is 17.8. The van der Waals surface area contributed by atoms with Crippen molar-refractivity contribution >= 4 is 46.0 Å². The molecule has 0 aliphatic rings. The summed E-state index contributed by atoms with van der Waals surface area (Å²) in [4.78, 5) is 17.5. The van der Waals surface area contributed by atoms with E-state index in [0.29, 0.717) is 22.6 Å². The van der Waals surface area contributed by atoms with Gasteiger partial charge in [0.25, 0.3) is 0 Å². The Bertz CT molecular complexity index is 938. The SMILES string of the molecule is CCCCn1c(SCc2cc3ccc(SC)cc3nc2Cl)n[nH]c1=O. The number of hydrogen-bond donors (Lipinski definition) is 1. The van der Waals surface area contributed by atoms with Gasteiger partial charge in [-0.3, -0.25) is 4.57 Å². The summed E-state index contributed by atoms with van der Waals surface area (Å²) in [6.07, 6.45) is 4.01. The van der Waals surface area contributed by atoms with E-state index in [1.165, 1.54) is 11.8 Å². The minimum absolute atomic E-state index is 0.164. The number of nitrogens with zero attached hydrogens (tertiary/aromatic N) is 3. The van der Waals surface area contributed by atoms with Crippen molar-refractivity contribution in [2.24, 2.45) is 0 Å². The van der Waals surface area contributed by atoms with E-state index in [1.807, 2.05) is 12.3 Å². The van der Waals surface area contributed by atoms with E-state index < -0.39 is 0 Å². The lowest BCUT2D eigenvalue weighted by Crippen LogP contribution is -2.17. The van der Waals surface area contributed by atoms with Gasteiger partial charge in [0.2, 0.25) is 0 Å². The second kappa shape index (κ2) is 8.29. The molecule has 0 aliphatic heterocycles. The lowest BCUT2D eigenvalue weighted by molar-refractivity contribution is 0.573. The maximum Gasteiger partial charge on any atom is 0.343 e. The molecule has 0 spiro atoms. The number of pyridine rings is 1. The fraction of sp³-hybridized carbons (Fsp3) is 0.353. The number of aromatic amines is 1. The Kier molecular flexibility index (Phi) is 6.09. The van der Waals surface area contributed by atoms with Crippen molar-refractivity contribution in [2.75, 3.05) is 6.26 Å². The van der Waals surface area contributed by atoms with Crippen molar-refractivity contribution < 1.29 is 0 Å². The van der Waals surface area contributed by atoms with Crippen molar-refractivity contribution in [3.63, 3.8) is 0 Å². The van der Waals surface area contributed by atoms with E-state index >= 15 is 0 Å². The van der Waals surface area contributed by atoms with Crippen molar-refractivity contribution in [3.05, 3.63) is 45.5 Å². The highest BCUT2D eigenvalue weighted by atomic mass is 35.5. The van der Waals surface area contributed by atoms with Gasteiger partial charge in [-0.1, -0.05) is 42.8 Å². The summed E-state index contributed by atoms with van der Waals surface area (Å²) in [5.74, 6) is 0.614. The van der Waals surface area contributed by atoms with Crippen LogP contribution in [-0.4, -0.2) is 26.0 Å². The first kappa shape index (κ1) is 18.4. The standard InChI is InChI=1S/C17H19ClN4OS2/c1-3-4-7-22-16(23)20-21-17(22)25-10-12-8-11-5-6-13(24-2)9-14(11)19-15(12)18/h5-6,8-9H,3-4,7,10H2,1-2H3,(H,20,23). The summed E-state index contributed by atoms with van der Waals surface area (Å²) >= 11 is 9.54. The number of benzene rings is 1. The smallest absolute Gasteiger partial charge is 0.270 e. The number of H-pyrrole nitrogens is 1. The van der Waals surface area contributed by atoms with Gasteiger partial charge in [0.1, 0.15) is 5.15 Å². The molecule has 1 aromatic carbocycles. The largest absolute Gasteiger partial charge is 0.343 e. The van der Waals surface area contributed by atoms with Crippen LogP contribution >= 0.6 is 35.1 Å². The second-order valence-electron chi connectivity index (χ2n) is 5.60. The highest BCUT2D eigenvalue weighted by molar-refractivity contribution is 7.98. The monoisotopic (exact) mass is 394 g/mol. The number of aromatic nitrogens is 4. The van der Waals surface area contributed by atoms with Crippen LogP contribution in [-0.2, 0) is 12.3 Å². The second-order valence-corrected chi connectivity index (χ2v) is 7.78. The highest BCUT2D eigenvalue weighted by Crippen LogP contribution is 2.28. The maximum atomic E-state index is 11.9. The molecule has 0 bridgehead atoms. The summed E-state index contributed by atoms with van der Waals surface area (Å²) in [6.45, 7) is 2.77. The van der Waals surface area contributed by atoms with Gasteiger partial charge in [0.15, 0.2) is 5.16 Å². The zero-order valence-corrected chi connectivity index (χ0v) is 16.5. The van der Waals surface area contributed by atoms with E-state index in [1.54, 1.807) is 16.3 Å². The van der Waals surface area contributed by atoms with Crippen molar-refractivity contribution in [3.8, 4) is 0 Å². The van der Waals surface area contributed by atoms with Gasteiger partial charge >= 0.3 is 5.69 Å². The number of hydrogen-bond acceptors (Lipinski definition) is 5. The molecule has 2 aromatic heterocycles. The molecule has 1 N–H and O–H groups in total. The third-order valence-electron chi connectivity index (χ3n) is 3.87. The fourth-order valence-corrected chi connectivity index (χ4v) is 4.13. The minimum atomic E-state index is -0.164. The van der Waals surface area contributed by atoms with E-state index in [2.05, 4.69) is 40.3 Å². The third kappa shape index (κ3) is 4.22. The average Bonchev–Trinajstić information content (AvgIpc) is 2.97. The molecule has 25 heavy (non-hydrogen) atoms. The average molecular weight is 395 g/mol. The van der Waals surface area contributed by atoms with E-state index in [9.17, 15) is 4.79 Å². The predicted molar refractivity (Wildman–Crippen MR) is 106 cm³/mol. The number of nitrogens with one attached hydrogen (secondary N) is 1. The Morgan fingerprint density at radius 2 is 2.16 bits per heavy atom. The lowest BCUT2D eigenvalue weighted by Gasteiger charge is -2.08. The number of thioether (sulfide) groups is 2. The molecule has 8 heteroatoms. The molecule has 2 heterocycles. The van der Waals surface area contributed by atoms with Crippen molar-refractivity contribution in [1.82, 2.24) is 19.7 Å². The maximum absolute atomic E-state index is 11.9. The quantitative estimate of drug-likeness (QED) is 0.469. The van der Waals surface area contributed by atoms with Crippen LogP contribution in [0.25, 0.3) is 10.9 Å². The first-order valence-electron chi connectivity index (χ1n) is 8.03. The van der Waals surface area contributed by atoms with Gasteiger partial charge in [0.05, 0.1) is 5.52 Å². The molecule has 0 unspecified atom stereocenters. The van der Waals surface area contributed by atoms with Gasteiger partial charge in [-0.15, -0.1) is 16.9 Å². The molecular weight excluding hydrogens is 376 g/mol. The molecule has 0 aliphatic carbocycles. The fourth-order valence-electron chi connectivity index (χ4n) is 2.46. The Labute approximate surface area is 159 Å². The minimum Gasteiger partial charge on any atom is -0.270 e. The van der Waals surface area contributed by atoms with E-state index in [-0.39, 0.29) is 5.69 Å². The molecule has 0 saturated heterocycles. The van der Waals surface area contributed by atoms with Gasteiger partial charge in [-0.05, 0) is 30.9 Å². The molecule has 0 atom stereocenters. The first-order chi connectivity index (χ1) is 12.1. The van der Waals surface area contributed by atoms with Gasteiger partial charge < -0.3 is 0 Å². The number of unbranched alkanes of at least 4 members (excludes halogenated alkanes) is 1. The Hall–Kier alpha value is -1.44. The number of rotatable bonds is 7. The van der Waals surface area contributed by atoms with Crippen LogP contribution < -0.4 is 5.69 Å². The molecule has 0 saturated carbocycles. The molecule has 0 radical (unpaired) electrons. The van der Waals surface area contributed by atoms with Crippen LogP contribution in [0.3, 0.4) is 0 Å². The van der Waals surface area contributed by atoms with Crippen LogP contribution in [0, 0.1) is 0 Å². The summed E-state index contributed by atoms with van der Waals surface area (Å²) in [5, 5.41) is 8.89.